The van der Waals surface area contributed by atoms with Crippen LogP contribution in [0.2, 0.25) is 0 Å². The maximum Gasteiger partial charge on any atom is 0.345 e. The Morgan fingerprint density at radius 1 is 0.431 bits per heavy atom. The molecule has 5 aromatic carbocycles. The van der Waals surface area contributed by atoms with Gasteiger partial charge in [0.05, 0.1) is 14.2 Å². The van der Waals surface area contributed by atoms with E-state index in [0.29, 0.717) is 13.0 Å². The van der Waals surface area contributed by atoms with Crippen molar-refractivity contribution in [3.8, 4) is 0 Å². The first kappa shape index (κ1) is 55.8. The Labute approximate surface area is 391 Å². The molecule has 0 unspecified atom stereocenters. The van der Waals surface area contributed by atoms with E-state index < -0.39 is 156 Å². The Balaban J connectivity index is 0.000000304. The zero-order chi connectivity index (χ0) is 54.0. The molecule has 26 heteroatoms. The van der Waals surface area contributed by atoms with E-state index in [2.05, 4.69) is 11.5 Å². The molecule has 6 aromatic rings. The van der Waals surface area contributed by atoms with Gasteiger partial charge in [0.15, 0.2) is 82.5 Å². The largest absolute Gasteiger partial charge is 0.465 e. The van der Waals surface area contributed by atoms with Gasteiger partial charge in [-0.25, -0.2) is 97.4 Å². The van der Waals surface area contributed by atoms with Crippen LogP contribution in [0.4, 0.5) is 87.8 Å². The third kappa shape index (κ3) is 9.41. The number of ether oxygens (including phenoxy) is 2. The first-order valence-corrected chi connectivity index (χ1v) is 20.3. The zero-order valence-corrected chi connectivity index (χ0v) is 36.5. The van der Waals surface area contributed by atoms with E-state index in [1.165, 1.54) is 14.2 Å². The number of unbranched alkanes of at least 4 members (excludes halogenated alkanes) is 3. The Kier molecular flexibility index (Phi) is 17.1. The highest BCUT2D eigenvalue weighted by atomic mass is 19.2. The van der Waals surface area contributed by atoms with Crippen LogP contribution in [0, 0.1) is 116 Å². The maximum atomic E-state index is 15.4. The molecule has 72 heavy (non-hydrogen) atoms. The van der Waals surface area contributed by atoms with Gasteiger partial charge >= 0.3 is 11.9 Å². The van der Waals surface area contributed by atoms with Crippen molar-refractivity contribution in [3.63, 3.8) is 0 Å². The van der Waals surface area contributed by atoms with E-state index in [0.717, 1.165) is 42.2 Å². The van der Waals surface area contributed by atoms with Crippen molar-refractivity contribution in [3.05, 3.63) is 170 Å². The molecule has 0 bridgehead atoms. The van der Waals surface area contributed by atoms with Gasteiger partial charge in [0.2, 0.25) is 5.52 Å². The number of esters is 2. The molecule has 0 saturated carbocycles. The highest BCUT2D eigenvalue weighted by Gasteiger charge is 2.52. The van der Waals surface area contributed by atoms with Crippen LogP contribution in [0.15, 0.2) is 53.7 Å². The van der Waals surface area contributed by atoms with Gasteiger partial charge in [0, 0.05) is 23.1 Å². The second-order valence-electron chi connectivity index (χ2n) is 15.3. The summed E-state index contributed by atoms with van der Waals surface area (Å²) in [7, 11) is 2.57. The maximum absolute atomic E-state index is 15.4. The van der Waals surface area contributed by atoms with Crippen molar-refractivity contribution in [2.45, 2.75) is 45.6 Å². The molecule has 6 rings (SSSR count). The summed E-state index contributed by atoms with van der Waals surface area (Å²) in [6.45, 7) is 2.59. The first-order chi connectivity index (χ1) is 33.8. The molecule has 0 amide bonds. The molecule has 0 aliphatic carbocycles. The average Bonchev–Trinajstić information content (AvgIpc) is 3.37. The predicted octanol–water partition coefficient (Wildman–Crippen LogP) is 9.59. The summed E-state index contributed by atoms with van der Waals surface area (Å²) >= 11 is 0. The number of allylic oxidation sites excluding steroid dienone is 1. The summed E-state index contributed by atoms with van der Waals surface area (Å²) < 4.78 is 306. The minimum Gasteiger partial charge on any atom is -0.465 e. The fraction of sp³-hybridized carbons (Fsp3) is 0.196. The molecule has 0 aliphatic rings. The Bertz CT molecular complexity index is 2780. The second-order valence-corrected chi connectivity index (χ2v) is 15.3. The lowest BCUT2D eigenvalue weighted by atomic mass is 9.12. The SMILES string of the molecule is CCCCCCC(C[n+]1cccc2ccccc21)=C(C(=O)OC)C(=O)OC.Fc1c(F)c(F)c([B-](c2c(F)c(F)c(F)c(F)c2F)(c2c(F)c(F)c(F)c(F)c2F)c2c(F)c(F)c(F)c(F)c2F)c(F)c1F. The van der Waals surface area contributed by atoms with Gasteiger partial charge < -0.3 is 9.47 Å². The second kappa shape index (κ2) is 22.1. The van der Waals surface area contributed by atoms with Crippen LogP contribution in [-0.2, 0) is 25.6 Å². The predicted molar refractivity (Wildman–Crippen MR) is 213 cm³/mol. The van der Waals surface area contributed by atoms with Crippen molar-refractivity contribution < 1.29 is 111 Å². The number of methoxy groups -OCH3 is 2. The van der Waals surface area contributed by atoms with Gasteiger partial charge in [-0.1, -0.05) is 38.3 Å². The van der Waals surface area contributed by atoms with Crippen molar-refractivity contribution in [2.24, 2.45) is 0 Å². The number of pyridine rings is 1. The summed E-state index contributed by atoms with van der Waals surface area (Å²) in [5.41, 5.74) is -12.5. The summed E-state index contributed by atoms with van der Waals surface area (Å²) in [5, 5.41) is 1.10. The van der Waals surface area contributed by atoms with Crippen LogP contribution in [0.5, 0.6) is 0 Å². The number of benzene rings is 5. The molecule has 384 valence electrons. The molecular weight excluding hydrogens is 1020 g/mol. The van der Waals surface area contributed by atoms with Crippen LogP contribution in [0.1, 0.15) is 39.0 Å². The Morgan fingerprint density at radius 3 is 1.06 bits per heavy atom. The molecule has 1 aromatic heterocycles. The quantitative estimate of drug-likeness (QED) is 0.0111. The number of nitrogens with zero attached hydrogens (tertiary/aromatic N) is 1. The molecule has 0 saturated heterocycles. The van der Waals surface area contributed by atoms with Gasteiger partial charge in [-0.3, -0.25) is 0 Å². The van der Waals surface area contributed by atoms with Crippen molar-refractivity contribution in [1.82, 2.24) is 0 Å². The molecule has 0 spiro atoms. The van der Waals surface area contributed by atoms with Crippen LogP contribution < -0.4 is 26.4 Å². The normalized spacial score (nSPS) is 11.4. The van der Waals surface area contributed by atoms with E-state index in [9.17, 15) is 62.3 Å². The minimum absolute atomic E-state index is 0.0110. The monoisotopic (exact) mass is 1050 g/mol. The lowest BCUT2D eigenvalue weighted by Gasteiger charge is -2.44. The smallest absolute Gasteiger partial charge is 0.345 e. The third-order valence-electron chi connectivity index (χ3n) is 11.3. The number of carbonyl (C=O) groups excluding carboxylic acids is 2. The fourth-order valence-corrected chi connectivity index (χ4v) is 8.06. The third-order valence-corrected chi connectivity index (χ3v) is 11.3. The van der Waals surface area contributed by atoms with Crippen molar-refractivity contribution >= 4 is 50.8 Å². The number of para-hydroxylation sites is 1. The van der Waals surface area contributed by atoms with Gasteiger partial charge in [0.25, 0.3) is 0 Å². The molecule has 0 radical (unpaired) electrons. The molecular formula is C46H28BF20NO4. The summed E-state index contributed by atoms with van der Waals surface area (Å²) in [4.78, 5) is 24.6. The van der Waals surface area contributed by atoms with Crippen LogP contribution >= 0.6 is 0 Å². The standard InChI is InChI=1S/C24BF20.C22H28NO4/c26-5-1(6(27)14(35)21(42)13(5)34)25(2-7(28)15(36)22(43)16(37)8(2)29,3-9(30)17(38)23(44)18(39)10(3)31)4-11(32)19(40)24(45)20(41)12(4)33;1-4-5-6-7-12-18(20(21(24)26-2)22(25)27-3)16-23-15-10-13-17-11-8-9-14-19(17)23/h;8-11,13-15H,4-7,12,16H2,1-3H3/q-1;+1. The van der Waals surface area contributed by atoms with Gasteiger partial charge in [-0.2, -0.15) is 4.57 Å². The average molecular weight is 1050 g/mol. The number of halogens is 20. The first-order valence-electron chi connectivity index (χ1n) is 20.3. The number of carbonyl (C=O) groups is 2. The number of aromatic nitrogens is 1. The highest BCUT2D eigenvalue weighted by molar-refractivity contribution is 7.20. The summed E-state index contributed by atoms with van der Waals surface area (Å²) in [6.07, 6.45) is -0.401. The van der Waals surface area contributed by atoms with Crippen LogP contribution in [-0.4, -0.2) is 32.3 Å². The van der Waals surface area contributed by atoms with Gasteiger partial charge in [-0.05, 0) is 25.0 Å². The van der Waals surface area contributed by atoms with Crippen LogP contribution in [0.25, 0.3) is 10.9 Å². The van der Waals surface area contributed by atoms with Crippen molar-refractivity contribution in [2.75, 3.05) is 14.2 Å². The zero-order valence-electron chi connectivity index (χ0n) is 36.5. The highest BCUT2D eigenvalue weighted by Crippen LogP contribution is 2.31. The fourth-order valence-electron chi connectivity index (χ4n) is 8.06. The Morgan fingerprint density at radius 2 is 0.736 bits per heavy atom. The molecule has 0 atom stereocenters. The number of hydrogen-bond donors (Lipinski definition) is 0. The molecule has 0 N–H and O–H groups in total. The van der Waals surface area contributed by atoms with E-state index in [1.807, 2.05) is 42.6 Å². The van der Waals surface area contributed by atoms with Gasteiger partial charge in [0.1, 0.15) is 58.3 Å². The Hall–Kier alpha value is -7.15. The van der Waals surface area contributed by atoms with E-state index in [-0.39, 0.29) is 5.57 Å². The molecule has 0 fully saturated rings. The lowest BCUT2D eigenvalue weighted by molar-refractivity contribution is -0.663. The summed E-state index contributed by atoms with van der Waals surface area (Å²) in [5.74, 6) is -72.7. The van der Waals surface area contributed by atoms with Crippen LogP contribution in [0.3, 0.4) is 0 Å². The van der Waals surface area contributed by atoms with E-state index >= 15 is 35.1 Å². The lowest BCUT2D eigenvalue weighted by Crippen LogP contribution is -2.81. The minimum atomic E-state index is -7.22. The van der Waals surface area contributed by atoms with Crippen molar-refractivity contribution in [1.29, 1.82) is 0 Å². The summed E-state index contributed by atoms with van der Waals surface area (Å²) in [6, 6.07) is 12.0. The van der Waals surface area contributed by atoms with E-state index in [1.54, 1.807) is 0 Å². The van der Waals surface area contributed by atoms with E-state index in [4.69, 9.17) is 9.47 Å². The molecule has 5 nitrogen and oxygen atoms in total. The van der Waals surface area contributed by atoms with Gasteiger partial charge in [-0.15, -0.1) is 21.9 Å². The number of fused-ring (bicyclic) bond motifs is 1. The molecule has 0 aliphatic heterocycles. The molecule has 1 heterocycles. The topological polar surface area (TPSA) is 56.5 Å². The number of rotatable bonds is 13. The number of hydrogen-bond acceptors (Lipinski definition) is 4.